The Morgan fingerprint density at radius 3 is 2.17 bits per heavy atom. The number of amides is 2. The fourth-order valence-electron chi connectivity index (χ4n) is 3.79. The van der Waals surface area contributed by atoms with Crippen molar-refractivity contribution in [3.63, 3.8) is 0 Å². The van der Waals surface area contributed by atoms with Crippen LogP contribution in [0.2, 0.25) is 5.02 Å². The summed E-state index contributed by atoms with van der Waals surface area (Å²) in [5.74, 6) is 0.516. The Morgan fingerprint density at radius 1 is 0.914 bits per heavy atom. The third-order valence-corrected chi connectivity index (χ3v) is 5.89. The summed E-state index contributed by atoms with van der Waals surface area (Å²) in [5, 5.41) is 3.65. The maximum Gasteiger partial charge on any atom is 0.243 e. The van der Waals surface area contributed by atoms with Crippen LogP contribution in [0.15, 0.2) is 84.9 Å². The predicted octanol–water partition coefficient (Wildman–Crippen LogP) is 5.67. The van der Waals surface area contributed by atoms with Crippen molar-refractivity contribution in [2.45, 2.75) is 45.2 Å². The van der Waals surface area contributed by atoms with E-state index in [-0.39, 0.29) is 18.2 Å². The molecule has 5 nitrogen and oxygen atoms in total. The molecule has 0 aromatic heterocycles. The molecule has 3 aromatic carbocycles. The summed E-state index contributed by atoms with van der Waals surface area (Å²) >= 11 is 5.92. The Bertz CT molecular complexity index is 1040. The van der Waals surface area contributed by atoms with E-state index >= 15 is 0 Å². The molecule has 0 aliphatic carbocycles. The molecule has 2 amide bonds. The van der Waals surface area contributed by atoms with Gasteiger partial charge in [-0.1, -0.05) is 79.2 Å². The van der Waals surface area contributed by atoms with Gasteiger partial charge in [-0.3, -0.25) is 9.59 Å². The number of halogens is 1. The largest absolute Gasteiger partial charge is 0.494 e. The minimum atomic E-state index is -0.603. The van der Waals surface area contributed by atoms with Gasteiger partial charge in [0.2, 0.25) is 11.8 Å². The van der Waals surface area contributed by atoms with Crippen LogP contribution < -0.4 is 10.1 Å². The maximum atomic E-state index is 13.5. The van der Waals surface area contributed by atoms with Gasteiger partial charge in [0.1, 0.15) is 11.8 Å². The standard InChI is InChI=1S/C29H33ClN2O3/c1-2-19-31-29(34)27(21-23-10-5-3-6-11-23)32(22-24-12-7-4-8-13-24)28(33)14-9-20-35-26-17-15-25(30)16-18-26/h3-8,10-13,15-18,27H,2,9,14,19-22H2,1H3,(H,31,34)/t27-/m0/s1. The van der Waals surface area contributed by atoms with Crippen LogP contribution in [0.5, 0.6) is 5.75 Å². The van der Waals surface area contributed by atoms with Crippen LogP contribution in [-0.4, -0.2) is 35.9 Å². The minimum absolute atomic E-state index is 0.0684. The summed E-state index contributed by atoms with van der Waals surface area (Å²) in [5.41, 5.74) is 2.00. The highest BCUT2D eigenvalue weighted by molar-refractivity contribution is 6.30. The van der Waals surface area contributed by atoms with Gasteiger partial charge in [-0.25, -0.2) is 0 Å². The van der Waals surface area contributed by atoms with Crippen molar-refractivity contribution < 1.29 is 14.3 Å². The highest BCUT2D eigenvalue weighted by Gasteiger charge is 2.29. The van der Waals surface area contributed by atoms with Crippen molar-refractivity contribution in [2.24, 2.45) is 0 Å². The van der Waals surface area contributed by atoms with Crippen LogP contribution in [0.25, 0.3) is 0 Å². The zero-order chi connectivity index (χ0) is 24.9. The molecule has 0 unspecified atom stereocenters. The first-order chi connectivity index (χ1) is 17.1. The number of benzene rings is 3. The Hall–Kier alpha value is -3.31. The summed E-state index contributed by atoms with van der Waals surface area (Å²) in [4.78, 5) is 28.4. The van der Waals surface area contributed by atoms with Gasteiger partial charge in [0.25, 0.3) is 0 Å². The molecule has 1 atom stereocenters. The molecule has 0 radical (unpaired) electrons. The van der Waals surface area contributed by atoms with Crippen molar-refractivity contribution in [2.75, 3.05) is 13.2 Å². The number of nitrogens with zero attached hydrogens (tertiary/aromatic N) is 1. The normalized spacial score (nSPS) is 11.5. The van der Waals surface area contributed by atoms with Gasteiger partial charge >= 0.3 is 0 Å². The molecule has 0 bridgehead atoms. The lowest BCUT2D eigenvalue weighted by Crippen LogP contribution is -2.50. The van der Waals surface area contributed by atoms with Crippen LogP contribution in [-0.2, 0) is 22.6 Å². The number of carbonyl (C=O) groups is 2. The Morgan fingerprint density at radius 2 is 1.54 bits per heavy atom. The molecule has 3 aromatic rings. The topological polar surface area (TPSA) is 58.6 Å². The molecule has 0 heterocycles. The highest BCUT2D eigenvalue weighted by atomic mass is 35.5. The summed E-state index contributed by atoms with van der Waals surface area (Å²) in [6.45, 7) is 3.36. The quantitative estimate of drug-likeness (QED) is 0.313. The first-order valence-corrected chi connectivity index (χ1v) is 12.5. The number of hydrogen-bond donors (Lipinski definition) is 1. The summed E-state index contributed by atoms with van der Waals surface area (Å²) in [7, 11) is 0. The van der Waals surface area contributed by atoms with Gasteiger partial charge in [0, 0.05) is 31.0 Å². The number of hydrogen-bond acceptors (Lipinski definition) is 3. The van der Waals surface area contributed by atoms with Gasteiger partial charge in [0.05, 0.1) is 6.61 Å². The molecule has 0 spiro atoms. The van der Waals surface area contributed by atoms with E-state index in [1.165, 1.54) is 0 Å². The van der Waals surface area contributed by atoms with E-state index in [4.69, 9.17) is 16.3 Å². The molecule has 184 valence electrons. The Labute approximate surface area is 213 Å². The second-order valence-corrected chi connectivity index (χ2v) is 8.85. The lowest BCUT2D eigenvalue weighted by atomic mass is 10.0. The lowest BCUT2D eigenvalue weighted by Gasteiger charge is -2.31. The van der Waals surface area contributed by atoms with E-state index in [9.17, 15) is 9.59 Å². The van der Waals surface area contributed by atoms with Crippen molar-refractivity contribution in [1.29, 1.82) is 0 Å². The summed E-state index contributed by atoms with van der Waals surface area (Å²) < 4.78 is 5.76. The zero-order valence-electron chi connectivity index (χ0n) is 20.2. The van der Waals surface area contributed by atoms with Gasteiger partial charge in [-0.05, 0) is 48.2 Å². The van der Waals surface area contributed by atoms with Crippen LogP contribution in [0, 0.1) is 0 Å². The zero-order valence-corrected chi connectivity index (χ0v) is 20.9. The van der Waals surface area contributed by atoms with E-state index in [1.807, 2.05) is 67.6 Å². The average molecular weight is 493 g/mol. The van der Waals surface area contributed by atoms with Crippen molar-refractivity contribution in [3.05, 3.63) is 101 Å². The second kappa shape index (κ2) is 14.2. The smallest absolute Gasteiger partial charge is 0.243 e. The predicted molar refractivity (Wildman–Crippen MR) is 140 cm³/mol. The first-order valence-electron chi connectivity index (χ1n) is 12.1. The molecule has 0 saturated heterocycles. The maximum absolute atomic E-state index is 13.5. The molecule has 0 aliphatic rings. The van der Waals surface area contributed by atoms with Crippen LogP contribution in [0.3, 0.4) is 0 Å². The molecule has 0 saturated carbocycles. The van der Waals surface area contributed by atoms with E-state index in [2.05, 4.69) is 5.32 Å². The molecular weight excluding hydrogens is 460 g/mol. The fourth-order valence-corrected chi connectivity index (χ4v) is 3.91. The molecule has 35 heavy (non-hydrogen) atoms. The van der Waals surface area contributed by atoms with Gasteiger partial charge < -0.3 is 15.0 Å². The Kier molecular flexibility index (Phi) is 10.6. The summed E-state index contributed by atoms with van der Waals surface area (Å²) in [6.07, 6.45) is 2.11. The first kappa shape index (κ1) is 26.3. The monoisotopic (exact) mass is 492 g/mol. The van der Waals surface area contributed by atoms with E-state index in [1.54, 1.807) is 29.2 Å². The number of carbonyl (C=O) groups excluding carboxylic acids is 2. The van der Waals surface area contributed by atoms with Crippen molar-refractivity contribution in [1.82, 2.24) is 10.2 Å². The third kappa shape index (κ3) is 8.76. The van der Waals surface area contributed by atoms with Crippen molar-refractivity contribution >= 4 is 23.4 Å². The fraction of sp³-hybridized carbons (Fsp3) is 0.310. The molecule has 1 N–H and O–H groups in total. The van der Waals surface area contributed by atoms with Gasteiger partial charge in [-0.2, -0.15) is 0 Å². The second-order valence-electron chi connectivity index (χ2n) is 8.41. The third-order valence-electron chi connectivity index (χ3n) is 5.63. The van der Waals surface area contributed by atoms with Crippen LogP contribution >= 0.6 is 11.6 Å². The van der Waals surface area contributed by atoms with Crippen LogP contribution in [0.1, 0.15) is 37.3 Å². The summed E-state index contributed by atoms with van der Waals surface area (Å²) in [6, 6.07) is 26.2. The minimum Gasteiger partial charge on any atom is -0.494 e. The highest BCUT2D eigenvalue weighted by Crippen LogP contribution is 2.18. The average Bonchev–Trinajstić information content (AvgIpc) is 2.89. The van der Waals surface area contributed by atoms with Crippen LogP contribution in [0.4, 0.5) is 0 Å². The molecule has 0 aliphatic heterocycles. The number of ether oxygens (including phenoxy) is 1. The number of nitrogens with one attached hydrogen (secondary N) is 1. The lowest BCUT2D eigenvalue weighted by molar-refractivity contribution is -0.141. The SMILES string of the molecule is CCCNC(=O)[C@H](Cc1ccccc1)N(Cc1ccccc1)C(=O)CCCOc1ccc(Cl)cc1. The van der Waals surface area contributed by atoms with Gasteiger partial charge in [0.15, 0.2) is 0 Å². The van der Waals surface area contributed by atoms with Crippen molar-refractivity contribution in [3.8, 4) is 5.75 Å². The van der Waals surface area contributed by atoms with E-state index < -0.39 is 6.04 Å². The molecule has 6 heteroatoms. The van der Waals surface area contributed by atoms with E-state index in [0.717, 1.165) is 17.5 Å². The van der Waals surface area contributed by atoms with Gasteiger partial charge in [-0.15, -0.1) is 0 Å². The molecular formula is C29H33ClN2O3. The number of rotatable bonds is 13. The molecule has 3 rings (SSSR count). The Balaban J connectivity index is 1.74. The van der Waals surface area contributed by atoms with E-state index in [0.29, 0.717) is 43.3 Å². The molecule has 0 fully saturated rings.